The van der Waals surface area contributed by atoms with Gasteiger partial charge in [-0.15, -0.1) is 0 Å². The lowest BCUT2D eigenvalue weighted by atomic mass is 9.68. The van der Waals surface area contributed by atoms with E-state index in [1.54, 1.807) is 0 Å². The Bertz CT molecular complexity index is 1400. The van der Waals surface area contributed by atoms with Gasteiger partial charge in [-0.3, -0.25) is 0 Å². The van der Waals surface area contributed by atoms with Crippen molar-refractivity contribution in [3.8, 4) is 0 Å². The van der Waals surface area contributed by atoms with Crippen LogP contribution in [0.2, 0.25) is 0 Å². The summed E-state index contributed by atoms with van der Waals surface area (Å²) in [6.07, 6.45) is 7.89. The highest BCUT2D eigenvalue weighted by molar-refractivity contribution is 5.87. The first-order valence-electron chi connectivity index (χ1n) is 13.1. The lowest BCUT2D eigenvalue weighted by Gasteiger charge is -2.47. The Morgan fingerprint density at radius 1 is 0.526 bits per heavy atom. The molecule has 0 aromatic heterocycles. The van der Waals surface area contributed by atoms with Gasteiger partial charge in [0.25, 0.3) is 0 Å². The molecule has 190 valence electrons. The van der Waals surface area contributed by atoms with Crippen LogP contribution in [-0.2, 0) is 10.8 Å². The van der Waals surface area contributed by atoms with Gasteiger partial charge < -0.3 is 9.80 Å². The highest BCUT2D eigenvalue weighted by atomic mass is 15.2. The van der Waals surface area contributed by atoms with Crippen molar-refractivity contribution in [2.75, 3.05) is 9.80 Å². The largest absolute Gasteiger partial charge is 0.310 e. The van der Waals surface area contributed by atoms with Gasteiger partial charge in [-0.05, 0) is 70.8 Å². The molecule has 2 aliphatic rings. The van der Waals surface area contributed by atoms with E-state index < -0.39 is 0 Å². The second-order valence-electron chi connectivity index (χ2n) is 10.9. The van der Waals surface area contributed by atoms with Gasteiger partial charge in [0.2, 0.25) is 0 Å². The van der Waals surface area contributed by atoms with Gasteiger partial charge in [-0.1, -0.05) is 103 Å². The number of fused-ring (bicyclic) bond motifs is 2. The third kappa shape index (κ3) is 3.55. The fraction of sp³-hybridized carbons (Fsp3) is 0.167. The number of allylic oxidation sites excluding steroid dienone is 6. The van der Waals surface area contributed by atoms with Gasteiger partial charge in [0.05, 0.1) is 11.4 Å². The van der Waals surface area contributed by atoms with Crippen LogP contribution in [0, 0.1) is 0 Å². The molecule has 3 aromatic carbocycles. The van der Waals surface area contributed by atoms with Crippen LogP contribution in [0.15, 0.2) is 146 Å². The number of anilines is 4. The molecule has 2 heteroatoms. The van der Waals surface area contributed by atoms with Gasteiger partial charge in [-0.25, -0.2) is 0 Å². The van der Waals surface area contributed by atoms with Crippen molar-refractivity contribution in [3.05, 3.63) is 157 Å². The number of hydrogen-bond donors (Lipinski definition) is 0. The van der Waals surface area contributed by atoms with Crippen molar-refractivity contribution in [1.82, 2.24) is 0 Å². The lowest BCUT2D eigenvalue weighted by molar-refractivity contribution is 0.598. The molecule has 5 rings (SSSR count). The van der Waals surface area contributed by atoms with Crippen molar-refractivity contribution in [2.24, 2.45) is 0 Å². The summed E-state index contributed by atoms with van der Waals surface area (Å²) in [5, 5.41) is 0. The molecule has 0 amide bonds. The van der Waals surface area contributed by atoms with Crippen molar-refractivity contribution < 1.29 is 0 Å². The molecule has 0 unspecified atom stereocenters. The molecule has 2 heterocycles. The fourth-order valence-electron chi connectivity index (χ4n) is 6.21. The first-order valence-corrected chi connectivity index (χ1v) is 13.1. The molecule has 0 aliphatic carbocycles. The second-order valence-corrected chi connectivity index (χ2v) is 10.9. The normalized spacial score (nSPS) is 17.5. The fourth-order valence-corrected chi connectivity index (χ4v) is 6.21. The summed E-state index contributed by atoms with van der Waals surface area (Å²) in [6, 6.07) is 25.8. The van der Waals surface area contributed by atoms with Crippen LogP contribution >= 0.6 is 0 Å². The molecular formula is C36H36N2. The predicted molar refractivity (Wildman–Crippen MR) is 164 cm³/mol. The average molecular weight is 497 g/mol. The minimum absolute atomic E-state index is 0.272. The van der Waals surface area contributed by atoms with Crippen molar-refractivity contribution in [2.45, 2.75) is 38.5 Å². The Hall–Kier alpha value is -4.30. The van der Waals surface area contributed by atoms with Crippen LogP contribution in [0.4, 0.5) is 22.7 Å². The van der Waals surface area contributed by atoms with E-state index in [1.807, 2.05) is 24.3 Å². The maximum atomic E-state index is 4.23. The highest BCUT2D eigenvalue weighted by Crippen LogP contribution is 2.56. The number of para-hydroxylation sites is 2. The minimum Gasteiger partial charge on any atom is -0.310 e. The number of nitrogens with zero attached hydrogens (tertiary/aromatic N) is 2. The molecule has 2 nitrogen and oxygen atoms in total. The minimum atomic E-state index is -0.272. The monoisotopic (exact) mass is 496 g/mol. The topological polar surface area (TPSA) is 6.48 Å². The van der Waals surface area contributed by atoms with Crippen LogP contribution < -0.4 is 9.80 Å². The Kier molecular flexibility index (Phi) is 6.15. The predicted octanol–water partition coefficient (Wildman–Crippen LogP) is 9.80. The second kappa shape index (κ2) is 9.22. The molecule has 2 aliphatic heterocycles. The summed E-state index contributed by atoms with van der Waals surface area (Å²) < 4.78 is 0. The number of rotatable bonds is 6. The maximum Gasteiger partial charge on any atom is 0.0523 e. The molecule has 0 saturated heterocycles. The summed E-state index contributed by atoms with van der Waals surface area (Å²) in [5.41, 5.74) is 10.8. The Labute approximate surface area is 227 Å². The standard InChI is InChI=1S/C36H36N2/c1-9-27-31(11-3)37(25-19-15-13-16-20-25)33-24-34-30(23-29(33)35(27,5)6)36(7,8)28(10-2)32(12-4)38(34)26-21-17-14-18-22-26/h9-24H,1-4H2,5-8H3. The third-order valence-corrected chi connectivity index (χ3v) is 8.15. The van der Waals surface area contributed by atoms with E-state index in [0.717, 1.165) is 45.3 Å². The van der Waals surface area contributed by atoms with Crippen LogP contribution in [0.1, 0.15) is 38.8 Å². The molecule has 0 bridgehead atoms. The number of hydrogen-bond acceptors (Lipinski definition) is 2. The SMILES string of the molecule is C=CC1=C(C=C)C(C)(C)c2cc3c(cc2N1c1ccccc1)N(c1ccccc1)C(C=C)=C(C=C)C3(C)C. The van der Waals surface area contributed by atoms with Crippen LogP contribution in [-0.4, -0.2) is 0 Å². The van der Waals surface area contributed by atoms with Crippen molar-refractivity contribution in [1.29, 1.82) is 0 Å². The summed E-state index contributed by atoms with van der Waals surface area (Å²) in [7, 11) is 0. The van der Waals surface area contributed by atoms with Crippen LogP contribution in [0.3, 0.4) is 0 Å². The molecule has 0 radical (unpaired) electrons. The van der Waals surface area contributed by atoms with E-state index in [0.29, 0.717) is 0 Å². The van der Waals surface area contributed by atoms with Gasteiger partial charge in [0.15, 0.2) is 0 Å². The molecule has 0 atom stereocenters. The summed E-state index contributed by atoms with van der Waals surface area (Å²) >= 11 is 0. The molecule has 0 saturated carbocycles. The van der Waals surface area contributed by atoms with E-state index in [2.05, 4.69) is 137 Å². The molecule has 0 spiro atoms. The zero-order valence-corrected chi connectivity index (χ0v) is 23.0. The van der Waals surface area contributed by atoms with Gasteiger partial charge in [0, 0.05) is 33.6 Å². The van der Waals surface area contributed by atoms with Gasteiger partial charge in [-0.2, -0.15) is 0 Å². The molecule has 3 aromatic rings. The van der Waals surface area contributed by atoms with Crippen molar-refractivity contribution in [3.63, 3.8) is 0 Å². The zero-order valence-electron chi connectivity index (χ0n) is 23.0. The first kappa shape index (κ1) is 25.4. The number of benzene rings is 3. The van der Waals surface area contributed by atoms with Gasteiger partial charge in [0.1, 0.15) is 0 Å². The van der Waals surface area contributed by atoms with E-state index in [1.165, 1.54) is 11.1 Å². The molecule has 0 fully saturated rings. The van der Waals surface area contributed by atoms with E-state index in [-0.39, 0.29) is 10.8 Å². The van der Waals surface area contributed by atoms with Crippen molar-refractivity contribution >= 4 is 22.7 Å². The third-order valence-electron chi connectivity index (χ3n) is 8.15. The van der Waals surface area contributed by atoms with Gasteiger partial charge >= 0.3 is 0 Å². The maximum absolute atomic E-state index is 4.23. The van der Waals surface area contributed by atoms with Crippen LogP contribution in [0.5, 0.6) is 0 Å². The zero-order chi connectivity index (χ0) is 27.2. The summed E-state index contributed by atoms with van der Waals surface area (Å²) in [6.45, 7) is 26.0. The summed E-state index contributed by atoms with van der Waals surface area (Å²) in [4.78, 5) is 4.64. The Balaban J connectivity index is 1.92. The summed E-state index contributed by atoms with van der Waals surface area (Å²) in [5.74, 6) is 0. The molecule has 0 N–H and O–H groups in total. The lowest BCUT2D eigenvalue weighted by Crippen LogP contribution is -2.37. The first-order chi connectivity index (χ1) is 18.2. The smallest absolute Gasteiger partial charge is 0.0523 e. The van der Waals surface area contributed by atoms with E-state index >= 15 is 0 Å². The molecular weight excluding hydrogens is 460 g/mol. The van der Waals surface area contributed by atoms with E-state index in [9.17, 15) is 0 Å². The average Bonchev–Trinajstić information content (AvgIpc) is 2.92. The Morgan fingerprint density at radius 2 is 0.895 bits per heavy atom. The highest BCUT2D eigenvalue weighted by Gasteiger charge is 2.42. The molecule has 38 heavy (non-hydrogen) atoms. The van der Waals surface area contributed by atoms with Crippen LogP contribution in [0.25, 0.3) is 0 Å². The van der Waals surface area contributed by atoms with E-state index in [4.69, 9.17) is 0 Å². The Morgan fingerprint density at radius 3 is 1.21 bits per heavy atom. The quantitative estimate of drug-likeness (QED) is 0.335.